The highest BCUT2D eigenvalue weighted by Gasteiger charge is 2.09. The molecule has 0 saturated heterocycles. The molecule has 0 aliphatic heterocycles. The van der Waals surface area contributed by atoms with Gasteiger partial charge in [-0.25, -0.2) is 4.39 Å². The number of benzene rings is 2. The Morgan fingerprint density at radius 2 is 1.95 bits per heavy atom. The van der Waals surface area contributed by atoms with Gasteiger partial charge in [0.15, 0.2) is 0 Å². The molecule has 0 bridgehead atoms. The first-order valence-corrected chi connectivity index (χ1v) is 7.07. The minimum absolute atomic E-state index is 0.0384. The lowest BCUT2D eigenvalue weighted by atomic mass is 10.1. The summed E-state index contributed by atoms with van der Waals surface area (Å²) in [6, 6.07) is 13.1. The zero-order valence-electron chi connectivity index (χ0n) is 12.3. The highest BCUT2D eigenvalue weighted by atomic mass is 19.1. The van der Waals surface area contributed by atoms with E-state index >= 15 is 0 Å². The SMILES string of the molecule is CC(NC(=O)CNc1cccc(CO)c1)c1ccc(F)cc1. The number of carbonyl (C=O) groups is 1. The molecule has 2 aromatic rings. The highest BCUT2D eigenvalue weighted by molar-refractivity contribution is 5.81. The van der Waals surface area contributed by atoms with E-state index in [-0.39, 0.29) is 30.9 Å². The topological polar surface area (TPSA) is 61.4 Å². The molecule has 0 heterocycles. The summed E-state index contributed by atoms with van der Waals surface area (Å²) in [6.07, 6.45) is 0. The van der Waals surface area contributed by atoms with Crippen LogP contribution in [0.5, 0.6) is 0 Å². The number of hydrogen-bond donors (Lipinski definition) is 3. The predicted molar refractivity (Wildman–Crippen MR) is 83.8 cm³/mol. The van der Waals surface area contributed by atoms with Crippen molar-refractivity contribution in [2.45, 2.75) is 19.6 Å². The minimum atomic E-state index is -0.298. The average Bonchev–Trinajstić information content (AvgIpc) is 2.53. The van der Waals surface area contributed by atoms with Crippen LogP contribution in [-0.4, -0.2) is 17.6 Å². The fraction of sp³-hybridized carbons (Fsp3) is 0.235. The maximum absolute atomic E-state index is 12.9. The van der Waals surface area contributed by atoms with Gasteiger partial charge < -0.3 is 15.7 Å². The molecule has 1 atom stereocenters. The lowest BCUT2D eigenvalue weighted by Crippen LogP contribution is -2.32. The van der Waals surface area contributed by atoms with Gasteiger partial charge in [0, 0.05) is 5.69 Å². The number of halogens is 1. The summed E-state index contributed by atoms with van der Waals surface area (Å²) >= 11 is 0. The highest BCUT2D eigenvalue weighted by Crippen LogP contribution is 2.13. The van der Waals surface area contributed by atoms with Crippen molar-refractivity contribution in [3.63, 3.8) is 0 Å². The van der Waals surface area contributed by atoms with Crippen molar-refractivity contribution >= 4 is 11.6 Å². The summed E-state index contributed by atoms with van der Waals surface area (Å²) < 4.78 is 12.9. The van der Waals surface area contributed by atoms with Crippen LogP contribution in [0.3, 0.4) is 0 Å². The molecule has 0 aliphatic carbocycles. The second-order valence-electron chi connectivity index (χ2n) is 5.05. The zero-order chi connectivity index (χ0) is 15.9. The van der Waals surface area contributed by atoms with Crippen molar-refractivity contribution in [1.29, 1.82) is 0 Å². The van der Waals surface area contributed by atoms with Gasteiger partial charge in [0.25, 0.3) is 0 Å². The van der Waals surface area contributed by atoms with E-state index < -0.39 is 0 Å². The summed E-state index contributed by atoms with van der Waals surface area (Å²) in [6.45, 7) is 1.93. The van der Waals surface area contributed by atoms with Crippen LogP contribution in [-0.2, 0) is 11.4 Å². The van der Waals surface area contributed by atoms with E-state index in [9.17, 15) is 9.18 Å². The van der Waals surface area contributed by atoms with E-state index in [0.717, 1.165) is 16.8 Å². The predicted octanol–water partition coefficient (Wildman–Crippen LogP) is 2.61. The van der Waals surface area contributed by atoms with E-state index in [1.807, 2.05) is 25.1 Å². The maximum atomic E-state index is 12.9. The molecule has 1 unspecified atom stereocenters. The molecule has 22 heavy (non-hydrogen) atoms. The van der Waals surface area contributed by atoms with Gasteiger partial charge in [0.2, 0.25) is 5.91 Å². The summed E-state index contributed by atoms with van der Waals surface area (Å²) in [7, 11) is 0. The Hall–Kier alpha value is -2.40. The molecule has 0 aromatic heterocycles. The summed E-state index contributed by atoms with van der Waals surface area (Å²) in [5.41, 5.74) is 2.40. The van der Waals surface area contributed by atoms with Crippen molar-refractivity contribution < 1.29 is 14.3 Å². The Kier molecular flexibility index (Phi) is 5.49. The fourth-order valence-corrected chi connectivity index (χ4v) is 2.09. The van der Waals surface area contributed by atoms with Gasteiger partial charge in [-0.1, -0.05) is 24.3 Å². The second kappa shape index (κ2) is 7.56. The van der Waals surface area contributed by atoms with Crippen molar-refractivity contribution in [2.24, 2.45) is 0 Å². The molecule has 2 rings (SSSR count). The standard InChI is InChI=1S/C17H19FN2O2/c1-12(14-5-7-15(18)8-6-14)20-17(22)10-19-16-4-2-3-13(9-16)11-21/h2-9,12,19,21H,10-11H2,1H3,(H,20,22). The molecule has 0 fully saturated rings. The van der Waals surface area contributed by atoms with Gasteiger partial charge in [-0.2, -0.15) is 0 Å². The Balaban J connectivity index is 1.85. The van der Waals surface area contributed by atoms with E-state index in [0.29, 0.717) is 0 Å². The van der Waals surface area contributed by atoms with Crippen molar-refractivity contribution in [2.75, 3.05) is 11.9 Å². The fourth-order valence-electron chi connectivity index (χ4n) is 2.09. The molecule has 0 aliphatic rings. The third kappa shape index (κ3) is 4.56. The number of rotatable bonds is 6. The molecular formula is C17H19FN2O2. The Bertz CT molecular complexity index is 629. The molecular weight excluding hydrogens is 283 g/mol. The molecule has 0 radical (unpaired) electrons. The Labute approximate surface area is 129 Å². The largest absolute Gasteiger partial charge is 0.392 e. The third-order valence-electron chi connectivity index (χ3n) is 3.31. The number of carbonyl (C=O) groups excluding carboxylic acids is 1. The third-order valence-corrected chi connectivity index (χ3v) is 3.31. The number of anilines is 1. The number of nitrogens with one attached hydrogen (secondary N) is 2. The van der Waals surface area contributed by atoms with Crippen molar-refractivity contribution in [1.82, 2.24) is 5.32 Å². The van der Waals surface area contributed by atoms with Gasteiger partial charge in [0.05, 0.1) is 19.2 Å². The molecule has 0 saturated carbocycles. The van der Waals surface area contributed by atoms with Crippen LogP contribution in [0.25, 0.3) is 0 Å². The van der Waals surface area contributed by atoms with Crippen LogP contribution in [0.2, 0.25) is 0 Å². The van der Waals surface area contributed by atoms with Crippen LogP contribution in [0, 0.1) is 5.82 Å². The normalized spacial score (nSPS) is 11.8. The van der Waals surface area contributed by atoms with E-state index in [1.54, 1.807) is 18.2 Å². The minimum Gasteiger partial charge on any atom is -0.392 e. The number of aliphatic hydroxyl groups excluding tert-OH is 1. The molecule has 1 amide bonds. The molecule has 116 valence electrons. The Morgan fingerprint density at radius 3 is 2.64 bits per heavy atom. The second-order valence-corrected chi connectivity index (χ2v) is 5.05. The summed E-state index contributed by atoms with van der Waals surface area (Å²) in [5, 5.41) is 14.9. The van der Waals surface area contributed by atoms with Crippen molar-refractivity contribution in [3.05, 3.63) is 65.5 Å². The summed E-state index contributed by atoms with van der Waals surface area (Å²) in [5.74, 6) is -0.459. The molecule has 5 heteroatoms. The van der Waals surface area contributed by atoms with Crippen molar-refractivity contribution in [3.8, 4) is 0 Å². The van der Waals surface area contributed by atoms with Gasteiger partial charge in [-0.05, 0) is 42.3 Å². The first kappa shape index (κ1) is 16.0. The smallest absolute Gasteiger partial charge is 0.239 e. The van der Waals surface area contributed by atoms with Crippen LogP contribution in [0.1, 0.15) is 24.1 Å². The van der Waals surface area contributed by atoms with E-state index in [1.165, 1.54) is 12.1 Å². The monoisotopic (exact) mass is 302 g/mol. The lowest BCUT2D eigenvalue weighted by Gasteiger charge is -2.15. The van der Waals surface area contributed by atoms with Crippen LogP contribution in [0.4, 0.5) is 10.1 Å². The Morgan fingerprint density at radius 1 is 1.23 bits per heavy atom. The quantitative estimate of drug-likeness (QED) is 0.768. The number of aliphatic hydroxyl groups is 1. The first-order valence-electron chi connectivity index (χ1n) is 7.07. The number of amides is 1. The van der Waals surface area contributed by atoms with Gasteiger partial charge >= 0.3 is 0 Å². The first-order chi connectivity index (χ1) is 10.6. The molecule has 0 spiro atoms. The van der Waals surface area contributed by atoms with Crippen LogP contribution < -0.4 is 10.6 Å². The average molecular weight is 302 g/mol. The van der Waals surface area contributed by atoms with E-state index in [2.05, 4.69) is 10.6 Å². The van der Waals surface area contributed by atoms with E-state index in [4.69, 9.17) is 5.11 Å². The van der Waals surface area contributed by atoms with Crippen LogP contribution >= 0.6 is 0 Å². The number of hydrogen-bond acceptors (Lipinski definition) is 3. The summed E-state index contributed by atoms with van der Waals surface area (Å²) in [4.78, 5) is 11.9. The van der Waals surface area contributed by atoms with Gasteiger partial charge in [-0.3, -0.25) is 4.79 Å². The maximum Gasteiger partial charge on any atom is 0.239 e. The molecule has 2 aromatic carbocycles. The molecule has 4 nitrogen and oxygen atoms in total. The van der Waals surface area contributed by atoms with Crippen LogP contribution in [0.15, 0.2) is 48.5 Å². The zero-order valence-corrected chi connectivity index (χ0v) is 12.3. The van der Waals surface area contributed by atoms with Gasteiger partial charge in [-0.15, -0.1) is 0 Å². The lowest BCUT2D eigenvalue weighted by molar-refractivity contribution is -0.120. The van der Waals surface area contributed by atoms with Gasteiger partial charge in [0.1, 0.15) is 5.82 Å². The molecule has 3 N–H and O–H groups in total.